The van der Waals surface area contributed by atoms with E-state index in [2.05, 4.69) is 4.98 Å². The Labute approximate surface area is 115 Å². The summed E-state index contributed by atoms with van der Waals surface area (Å²) < 4.78 is 20.4. The molecule has 0 spiro atoms. The van der Waals surface area contributed by atoms with E-state index < -0.39 is 5.82 Å². The summed E-state index contributed by atoms with van der Waals surface area (Å²) in [5.41, 5.74) is 6.81. The lowest BCUT2D eigenvalue weighted by Crippen LogP contribution is -2.13. The van der Waals surface area contributed by atoms with E-state index in [0.717, 1.165) is 10.7 Å². The van der Waals surface area contributed by atoms with E-state index >= 15 is 0 Å². The van der Waals surface area contributed by atoms with Gasteiger partial charge in [0.25, 0.3) is 0 Å². The minimum Gasteiger partial charge on any atom is -0.494 e. The van der Waals surface area contributed by atoms with Crippen molar-refractivity contribution in [2.75, 3.05) is 12.9 Å². The number of aryl methyl sites for hydroxylation is 1. The summed E-state index contributed by atoms with van der Waals surface area (Å²) in [7, 11) is 3.36. The molecule has 0 aliphatic heterocycles. The fourth-order valence-electron chi connectivity index (χ4n) is 1.66. The van der Waals surface area contributed by atoms with Crippen LogP contribution in [-0.4, -0.2) is 22.4 Å². The van der Waals surface area contributed by atoms with E-state index in [0.29, 0.717) is 5.75 Å². The van der Waals surface area contributed by atoms with Gasteiger partial charge in [0.2, 0.25) is 0 Å². The Balaban J connectivity index is 2.02. The highest BCUT2D eigenvalue weighted by Gasteiger charge is 2.11. The standard InChI is InChI=1S/C13H16FN3OS/c1-17-6-5-16-13(17)19-8-11(15)9-3-4-12(18-2)10(14)7-9/h3-7,11H,8,15H2,1-2H3. The number of nitrogens with zero attached hydrogens (tertiary/aromatic N) is 2. The van der Waals surface area contributed by atoms with E-state index in [1.165, 1.54) is 13.2 Å². The van der Waals surface area contributed by atoms with Gasteiger partial charge in [-0.2, -0.15) is 0 Å². The molecule has 2 rings (SSSR count). The molecular weight excluding hydrogens is 265 g/mol. The molecule has 0 bridgehead atoms. The molecule has 102 valence electrons. The van der Waals surface area contributed by atoms with Crippen LogP contribution in [0.2, 0.25) is 0 Å². The molecule has 0 saturated carbocycles. The molecular formula is C13H16FN3OS. The molecule has 1 unspecified atom stereocenters. The van der Waals surface area contributed by atoms with Crippen LogP contribution in [-0.2, 0) is 7.05 Å². The van der Waals surface area contributed by atoms with E-state index in [-0.39, 0.29) is 11.8 Å². The third kappa shape index (κ3) is 3.27. The number of hydrogen-bond donors (Lipinski definition) is 1. The molecule has 0 saturated heterocycles. The number of ether oxygens (including phenoxy) is 1. The molecule has 1 aromatic heterocycles. The summed E-state index contributed by atoms with van der Waals surface area (Å²) in [6.07, 6.45) is 3.61. The first-order valence-electron chi connectivity index (χ1n) is 5.81. The van der Waals surface area contributed by atoms with Crippen molar-refractivity contribution in [2.45, 2.75) is 11.2 Å². The quantitative estimate of drug-likeness (QED) is 0.855. The van der Waals surface area contributed by atoms with Gasteiger partial charge in [0.05, 0.1) is 7.11 Å². The van der Waals surface area contributed by atoms with Crippen molar-refractivity contribution in [3.05, 3.63) is 42.0 Å². The van der Waals surface area contributed by atoms with Gasteiger partial charge in [-0.15, -0.1) is 0 Å². The summed E-state index contributed by atoms with van der Waals surface area (Å²) in [5, 5.41) is 0.893. The lowest BCUT2D eigenvalue weighted by molar-refractivity contribution is 0.386. The van der Waals surface area contributed by atoms with Gasteiger partial charge in [0, 0.05) is 31.2 Å². The van der Waals surface area contributed by atoms with Crippen molar-refractivity contribution in [3.8, 4) is 5.75 Å². The molecule has 0 amide bonds. The number of imidazole rings is 1. The smallest absolute Gasteiger partial charge is 0.167 e. The van der Waals surface area contributed by atoms with Crippen LogP contribution in [0.5, 0.6) is 5.75 Å². The number of methoxy groups -OCH3 is 1. The third-order valence-electron chi connectivity index (χ3n) is 2.77. The second-order valence-corrected chi connectivity index (χ2v) is 5.12. The van der Waals surface area contributed by atoms with Gasteiger partial charge in [-0.3, -0.25) is 0 Å². The minimum atomic E-state index is -0.391. The number of halogens is 1. The number of thioether (sulfide) groups is 1. The average Bonchev–Trinajstić information content (AvgIpc) is 2.81. The van der Waals surface area contributed by atoms with Crippen LogP contribution in [0, 0.1) is 5.82 Å². The zero-order chi connectivity index (χ0) is 13.8. The maximum Gasteiger partial charge on any atom is 0.167 e. The maximum atomic E-state index is 13.6. The fraction of sp³-hybridized carbons (Fsp3) is 0.308. The highest BCUT2D eigenvalue weighted by atomic mass is 32.2. The lowest BCUT2D eigenvalue weighted by Gasteiger charge is -2.12. The summed E-state index contributed by atoms with van der Waals surface area (Å²) in [6, 6.07) is 4.55. The first-order valence-corrected chi connectivity index (χ1v) is 6.79. The largest absolute Gasteiger partial charge is 0.494 e. The Morgan fingerprint density at radius 1 is 1.53 bits per heavy atom. The molecule has 6 heteroatoms. The molecule has 0 fully saturated rings. The van der Waals surface area contributed by atoms with Gasteiger partial charge >= 0.3 is 0 Å². The molecule has 19 heavy (non-hydrogen) atoms. The van der Waals surface area contributed by atoms with Crippen molar-refractivity contribution < 1.29 is 9.13 Å². The molecule has 2 aromatic rings. The Morgan fingerprint density at radius 3 is 2.89 bits per heavy atom. The second-order valence-electron chi connectivity index (χ2n) is 4.13. The zero-order valence-electron chi connectivity index (χ0n) is 10.8. The Kier molecular flexibility index (Phi) is 4.44. The van der Waals surface area contributed by atoms with Gasteiger partial charge < -0.3 is 15.0 Å². The maximum absolute atomic E-state index is 13.6. The monoisotopic (exact) mass is 281 g/mol. The van der Waals surface area contributed by atoms with Crippen molar-refractivity contribution in [1.29, 1.82) is 0 Å². The molecule has 1 aromatic carbocycles. The Morgan fingerprint density at radius 2 is 2.32 bits per heavy atom. The van der Waals surface area contributed by atoms with Crippen LogP contribution in [0.3, 0.4) is 0 Å². The molecule has 0 aliphatic rings. The van der Waals surface area contributed by atoms with Crippen LogP contribution in [0.1, 0.15) is 11.6 Å². The van der Waals surface area contributed by atoms with Crippen LogP contribution in [0.4, 0.5) is 4.39 Å². The summed E-state index contributed by atoms with van der Waals surface area (Å²) >= 11 is 1.55. The molecule has 1 heterocycles. The van der Waals surface area contributed by atoms with Gasteiger partial charge in [-0.05, 0) is 17.7 Å². The SMILES string of the molecule is COc1ccc(C(N)CSc2nccn2C)cc1F. The van der Waals surface area contributed by atoms with Crippen molar-refractivity contribution in [3.63, 3.8) is 0 Å². The highest BCUT2D eigenvalue weighted by Crippen LogP contribution is 2.25. The van der Waals surface area contributed by atoms with Gasteiger partial charge in [0.15, 0.2) is 16.7 Å². The van der Waals surface area contributed by atoms with Crippen LogP contribution in [0.15, 0.2) is 35.7 Å². The fourth-order valence-corrected chi connectivity index (χ4v) is 2.59. The average molecular weight is 281 g/mol. The summed E-state index contributed by atoms with van der Waals surface area (Å²) in [6.45, 7) is 0. The number of hydrogen-bond acceptors (Lipinski definition) is 4. The third-order valence-corrected chi connectivity index (χ3v) is 3.95. The van der Waals surface area contributed by atoms with Crippen molar-refractivity contribution in [2.24, 2.45) is 12.8 Å². The van der Waals surface area contributed by atoms with Crippen LogP contribution in [0.25, 0.3) is 0 Å². The zero-order valence-corrected chi connectivity index (χ0v) is 11.7. The normalized spacial score (nSPS) is 12.4. The summed E-state index contributed by atoms with van der Waals surface area (Å²) in [5.74, 6) is 0.474. The lowest BCUT2D eigenvalue weighted by atomic mass is 10.1. The molecule has 1 atom stereocenters. The van der Waals surface area contributed by atoms with Crippen LogP contribution >= 0.6 is 11.8 Å². The van der Waals surface area contributed by atoms with E-state index in [1.54, 1.807) is 30.1 Å². The van der Waals surface area contributed by atoms with Gasteiger partial charge in [0.1, 0.15) is 0 Å². The molecule has 0 aliphatic carbocycles. The first kappa shape index (κ1) is 13.9. The van der Waals surface area contributed by atoms with Gasteiger partial charge in [-0.25, -0.2) is 9.37 Å². The predicted molar refractivity (Wildman–Crippen MR) is 73.8 cm³/mol. The minimum absolute atomic E-state index is 0.229. The summed E-state index contributed by atoms with van der Waals surface area (Å²) in [4.78, 5) is 4.20. The Bertz CT molecular complexity index is 559. The predicted octanol–water partition coefficient (Wildman–Crippen LogP) is 2.36. The second kappa shape index (κ2) is 6.08. The van der Waals surface area contributed by atoms with E-state index in [4.69, 9.17) is 10.5 Å². The molecule has 2 N–H and O–H groups in total. The van der Waals surface area contributed by atoms with E-state index in [9.17, 15) is 4.39 Å². The van der Waals surface area contributed by atoms with Gasteiger partial charge in [-0.1, -0.05) is 17.8 Å². The topological polar surface area (TPSA) is 53.1 Å². The first-order chi connectivity index (χ1) is 9.11. The van der Waals surface area contributed by atoms with Crippen LogP contribution < -0.4 is 10.5 Å². The van der Waals surface area contributed by atoms with E-state index in [1.807, 2.05) is 17.8 Å². The Hall–Kier alpha value is -1.53. The number of benzene rings is 1. The number of rotatable bonds is 5. The molecule has 4 nitrogen and oxygen atoms in total. The van der Waals surface area contributed by atoms with Crippen molar-refractivity contribution in [1.82, 2.24) is 9.55 Å². The molecule has 0 radical (unpaired) electrons. The van der Waals surface area contributed by atoms with Crippen molar-refractivity contribution >= 4 is 11.8 Å². The number of nitrogens with two attached hydrogens (primary N) is 1. The number of aromatic nitrogens is 2. The highest BCUT2D eigenvalue weighted by molar-refractivity contribution is 7.99.